The molecule has 3 unspecified atom stereocenters. The maximum Gasteiger partial charge on any atom is 0.159 e. The van der Waals surface area contributed by atoms with Gasteiger partial charge in [-0.05, 0) is 92.0 Å². The summed E-state index contributed by atoms with van der Waals surface area (Å²) in [4.78, 5) is 18.2. The number of carbonyl (C=O) groups is 1. The molecule has 35 heavy (non-hydrogen) atoms. The number of benzene rings is 2. The Morgan fingerprint density at radius 1 is 1.17 bits per heavy atom. The average Bonchev–Trinajstić information content (AvgIpc) is 2.84. The number of unbranched alkanes of at least 4 members (excludes halogenated alkanes) is 1. The van der Waals surface area contributed by atoms with Crippen molar-refractivity contribution < 1.29 is 13.6 Å². The molecule has 0 N–H and O–H groups in total. The first-order chi connectivity index (χ1) is 16.7. The standard InChI is InChI=1S/C30H36ClF2NO/c1-5-6-8-22(27-18-24(31)13-11-19(27)2)15-16-34-21(4)26-10-7-9-25(30(26)35)20(3)23-12-14-28(32)29(33)17-23/h8,11-14,17-18,20,25-26H,5-7,9-10,15-16H2,1-4H3. The molecule has 0 saturated heterocycles. The average molecular weight is 500 g/mol. The van der Waals surface area contributed by atoms with E-state index in [1.807, 2.05) is 32.0 Å². The third-order valence-electron chi connectivity index (χ3n) is 7.26. The molecule has 1 fully saturated rings. The van der Waals surface area contributed by atoms with Gasteiger partial charge < -0.3 is 0 Å². The summed E-state index contributed by atoms with van der Waals surface area (Å²) in [6.45, 7) is 8.75. The van der Waals surface area contributed by atoms with Crippen molar-refractivity contribution in [2.75, 3.05) is 6.54 Å². The lowest BCUT2D eigenvalue weighted by Crippen LogP contribution is -2.35. The van der Waals surface area contributed by atoms with Crippen molar-refractivity contribution in [1.29, 1.82) is 0 Å². The number of allylic oxidation sites excluding steroid dienone is 1. The highest BCUT2D eigenvalue weighted by molar-refractivity contribution is 6.30. The molecule has 2 nitrogen and oxygen atoms in total. The molecule has 188 valence electrons. The number of halogens is 3. The van der Waals surface area contributed by atoms with Gasteiger partial charge in [-0.3, -0.25) is 9.79 Å². The fraction of sp³-hybridized carbons (Fsp3) is 0.467. The second-order valence-electron chi connectivity index (χ2n) is 9.70. The molecule has 3 atom stereocenters. The van der Waals surface area contributed by atoms with E-state index >= 15 is 0 Å². The summed E-state index contributed by atoms with van der Waals surface area (Å²) < 4.78 is 27.1. The fourth-order valence-electron chi connectivity index (χ4n) is 5.09. The Bertz CT molecular complexity index is 1110. The molecule has 0 spiro atoms. The lowest BCUT2D eigenvalue weighted by atomic mass is 9.71. The van der Waals surface area contributed by atoms with Crippen LogP contribution in [0.4, 0.5) is 8.78 Å². The first-order valence-electron chi connectivity index (χ1n) is 12.7. The second-order valence-corrected chi connectivity index (χ2v) is 10.1. The van der Waals surface area contributed by atoms with E-state index in [1.54, 1.807) is 6.07 Å². The van der Waals surface area contributed by atoms with Crippen molar-refractivity contribution >= 4 is 28.7 Å². The van der Waals surface area contributed by atoms with Crippen molar-refractivity contribution in [3.8, 4) is 0 Å². The van der Waals surface area contributed by atoms with Gasteiger partial charge in [-0.15, -0.1) is 0 Å². The van der Waals surface area contributed by atoms with Crippen LogP contribution in [0.5, 0.6) is 0 Å². The summed E-state index contributed by atoms with van der Waals surface area (Å²) in [5.41, 5.74) is 5.13. The van der Waals surface area contributed by atoms with Crippen LogP contribution in [0.3, 0.4) is 0 Å². The largest absolute Gasteiger partial charge is 0.299 e. The molecular formula is C30H36ClF2NO. The van der Waals surface area contributed by atoms with E-state index in [2.05, 4.69) is 19.9 Å². The number of hydrogen-bond acceptors (Lipinski definition) is 2. The molecular weight excluding hydrogens is 464 g/mol. The molecule has 3 rings (SSSR count). The predicted octanol–water partition coefficient (Wildman–Crippen LogP) is 8.75. The zero-order valence-corrected chi connectivity index (χ0v) is 22.0. The van der Waals surface area contributed by atoms with Gasteiger partial charge in [-0.1, -0.05) is 56.5 Å². The molecule has 2 aromatic carbocycles. The fourth-order valence-corrected chi connectivity index (χ4v) is 5.26. The number of aryl methyl sites for hydroxylation is 1. The molecule has 0 bridgehead atoms. The second kappa shape index (κ2) is 12.6. The van der Waals surface area contributed by atoms with E-state index in [1.165, 1.54) is 17.2 Å². The van der Waals surface area contributed by atoms with Gasteiger partial charge >= 0.3 is 0 Å². The van der Waals surface area contributed by atoms with Gasteiger partial charge in [0.1, 0.15) is 5.78 Å². The van der Waals surface area contributed by atoms with Crippen LogP contribution < -0.4 is 0 Å². The topological polar surface area (TPSA) is 29.4 Å². The molecule has 1 aliphatic rings. The Kier molecular flexibility index (Phi) is 9.80. The Hall–Kier alpha value is -2.33. The zero-order chi connectivity index (χ0) is 25.5. The first-order valence-corrected chi connectivity index (χ1v) is 13.1. The van der Waals surface area contributed by atoms with Crippen molar-refractivity contribution in [3.05, 3.63) is 75.8 Å². The monoisotopic (exact) mass is 499 g/mol. The molecule has 0 radical (unpaired) electrons. The van der Waals surface area contributed by atoms with Crippen molar-refractivity contribution in [2.45, 2.75) is 72.1 Å². The minimum atomic E-state index is -0.867. The normalized spacial score (nSPS) is 20.3. The van der Waals surface area contributed by atoms with Crippen LogP contribution in [-0.2, 0) is 4.79 Å². The lowest BCUT2D eigenvalue weighted by Gasteiger charge is -2.32. The number of nitrogens with zero attached hydrogens (tertiary/aromatic N) is 1. The van der Waals surface area contributed by atoms with Crippen LogP contribution in [0.25, 0.3) is 5.57 Å². The van der Waals surface area contributed by atoms with Crippen molar-refractivity contribution in [1.82, 2.24) is 0 Å². The third kappa shape index (κ3) is 6.88. The first kappa shape index (κ1) is 27.3. The molecule has 2 aromatic rings. The Morgan fingerprint density at radius 3 is 2.66 bits per heavy atom. The van der Waals surface area contributed by atoms with Crippen molar-refractivity contribution in [2.24, 2.45) is 16.8 Å². The Balaban J connectivity index is 1.71. The maximum atomic E-state index is 13.8. The summed E-state index contributed by atoms with van der Waals surface area (Å²) in [5.74, 6) is -2.15. The van der Waals surface area contributed by atoms with Gasteiger partial charge in [0.15, 0.2) is 11.6 Å². The minimum Gasteiger partial charge on any atom is -0.299 e. The van der Waals surface area contributed by atoms with E-state index in [0.717, 1.165) is 60.9 Å². The molecule has 5 heteroatoms. The summed E-state index contributed by atoms with van der Waals surface area (Å²) in [5, 5.41) is 0.724. The van der Waals surface area contributed by atoms with Crippen LogP contribution in [0.2, 0.25) is 5.02 Å². The summed E-state index contributed by atoms with van der Waals surface area (Å²) in [6, 6.07) is 9.92. The number of hydrogen-bond donors (Lipinski definition) is 0. The van der Waals surface area contributed by atoms with E-state index in [9.17, 15) is 13.6 Å². The van der Waals surface area contributed by atoms with Crippen LogP contribution in [0, 0.1) is 30.4 Å². The van der Waals surface area contributed by atoms with Gasteiger partial charge in [0.25, 0.3) is 0 Å². The summed E-state index contributed by atoms with van der Waals surface area (Å²) >= 11 is 6.27. The van der Waals surface area contributed by atoms with Crippen LogP contribution in [0.1, 0.15) is 81.9 Å². The smallest absolute Gasteiger partial charge is 0.159 e. The highest BCUT2D eigenvalue weighted by Gasteiger charge is 2.36. The zero-order valence-electron chi connectivity index (χ0n) is 21.2. The number of aliphatic imine (C=N–C) groups is 1. The maximum absolute atomic E-state index is 13.8. The SMILES string of the molecule is CCCC=C(CCN=C(C)C1CCCC(C(C)c2ccc(F)c(F)c2)C1=O)c1cc(Cl)ccc1C. The highest BCUT2D eigenvalue weighted by Crippen LogP contribution is 2.37. The third-order valence-corrected chi connectivity index (χ3v) is 7.50. The number of ketones is 1. The van der Waals surface area contributed by atoms with Gasteiger partial charge in [-0.2, -0.15) is 0 Å². The predicted molar refractivity (Wildman–Crippen MR) is 142 cm³/mol. The molecule has 0 heterocycles. The van der Waals surface area contributed by atoms with Gasteiger partial charge in [0.05, 0.1) is 5.92 Å². The van der Waals surface area contributed by atoms with Crippen LogP contribution >= 0.6 is 11.6 Å². The molecule has 1 saturated carbocycles. The number of carbonyl (C=O) groups excluding carboxylic acids is 1. The van der Waals surface area contributed by atoms with E-state index < -0.39 is 11.6 Å². The summed E-state index contributed by atoms with van der Waals surface area (Å²) in [7, 11) is 0. The quantitative estimate of drug-likeness (QED) is 0.317. The number of rotatable bonds is 9. The van der Waals surface area contributed by atoms with Crippen molar-refractivity contribution in [3.63, 3.8) is 0 Å². The van der Waals surface area contributed by atoms with E-state index in [4.69, 9.17) is 16.6 Å². The van der Waals surface area contributed by atoms with Gasteiger partial charge in [0, 0.05) is 23.2 Å². The van der Waals surface area contributed by atoms with Crippen LogP contribution in [0.15, 0.2) is 47.5 Å². The molecule has 1 aliphatic carbocycles. The highest BCUT2D eigenvalue weighted by atomic mass is 35.5. The minimum absolute atomic E-state index is 0.164. The Labute approximate surface area is 213 Å². The molecule has 0 aromatic heterocycles. The van der Waals surface area contributed by atoms with Gasteiger partial charge in [0.2, 0.25) is 0 Å². The van der Waals surface area contributed by atoms with Crippen LogP contribution in [-0.4, -0.2) is 18.0 Å². The van der Waals surface area contributed by atoms with E-state index in [-0.39, 0.29) is 23.5 Å². The van der Waals surface area contributed by atoms with Gasteiger partial charge in [-0.25, -0.2) is 8.78 Å². The summed E-state index contributed by atoms with van der Waals surface area (Å²) in [6.07, 6.45) is 7.60. The lowest BCUT2D eigenvalue weighted by molar-refractivity contribution is -0.127. The molecule has 0 aliphatic heterocycles. The molecule has 0 amide bonds. The Morgan fingerprint density at radius 2 is 1.94 bits per heavy atom. The number of Topliss-reactive ketones (excluding diaryl/α,β-unsaturated/α-hetero) is 1. The van der Waals surface area contributed by atoms with E-state index in [0.29, 0.717) is 12.1 Å².